The molecule has 16 heavy (non-hydrogen) atoms. The molecule has 2 N–H and O–H groups in total. The molecular weight excluding hydrogens is 200 g/mol. The average Bonchev–Trinajstić information content (AvgIpc) is 2.40. The van der Waals surface area contributed by atoms with Crippen LogP contribution >= 0.6 is 0 Å². The van der Waals surface area contributed by atoms with Gasteiger partial charge in [-0.15, -0.1) is 0 Å². The molecule has 2 rings (SSSR count). The van der Waals surface area contributed by atoms with Gasteiger partial charge >= 0.3 is 0 Å². The van der Waals surface area contributed by atoms with Gasteiger partial charge in [-0.3, -0.25) is 0 Å². The molecule has 1 aliphatic carbocycles. The summed E-state index contributed by atoms with van der Waals surface area (Å²) in [5.74, 6) is 0.243. The Morgan fingerprint density at radius 1 is 0.938 bits per heavy atom. The fourth-order valence-corrected chi connectivity index (χ4v) is 1.87. The molecule has 0 unspecified atom stereocenters. The molecule has 0 saturated carbocycles. The summed E-state index contributed by atoms with van der Waals surface area (Å²) in [7, 11) is 0. The minimum atomic E-state index is -0.578. The molecule has 1 aromatic rings. The lowest BCUT2D eigenvalue weighted by molar-refractivity contribution is 0.127. The zero-order valence-corrected chi connectivity index (χ0v) is 9.08. The zero-order valence-electron chi connectivity index (χ0n) is 9.08. The SMILES string of the molecule is OCC1(CO)C=CC(c2ccccc2)C=C1. The molecule has 0 aromatic heterocycles. The van der Waals surface area contributed by atoms with E-state index in [2.05, 4.69) is 12.1 Å². The first-order valence-corrected chi connectivity index (χ1v) is 5.45. The lowest BCUT2D eigenvalue weighted by Crippen LogP contribution is -2.26. The quantitative estimate of drug-likeness (QED) is 0.757. The van der Waals surface area contributed by atoms with Crippen LogP contribution in [0.2, 0.25) is 0 Å². The minimum Gasteiger partial charge on any atom is -0.395 e. The molecular formula is C14H16O2. The number of benzene rings is 1. The van der Waals surface area contributed by atoms with Gasteiger partial charge in [-0.25, -0.2) is 0 Å². The Kier molecular flexibility index (Phi) is 3.22. The lowest BCUT2D eigenvalue weighted by atomic mass is 9.81. The van der Waals surface area contributed by atoms with Crippen molar-refractivity contribution in [1.29, 1.82) is 0 Å². The Balaban J connectivity index is 2.18. The Bertz CT molecular complexity index is 372. The van der Waals surface area contributed by atoms with E-state index in [1.54, 1.807) is 0 Å². The van der Waals surface area contributed by atoms with E-state index in [0.717, 1.165) is 0 Å². The van der Waals surface area contributed by atoms with Crippen molar-refractivity contribution in [1.82, 2.24) is 0 Å². The van der Waals surface area contributed by atoms with E-state index in [-0.39, 0.29) is 19.1 Å². The van der Waals surface area contributed by atoms with Crippen LogP contribution in [0.4, 0.5) is 0 Å². The molecule has 1 aliphatic rings. The number of rotatable bonds is 3. The smallest absolute Gasteiger partial charge is 0.0579 e. The van der Waals surface area contributed by atoms with Crippen molar-refractivity contribution in [3.63, 3.8) is 0 Å². The van der Waals surface area contributed by atoms with Crippen LogP contribution in [-0.2, 0) is 0 Å². The van der Waals surface area contributed by atoms with E-state index in [4.69, 9.17) is 0 Å². The molecule has 2 nitrogen and oxygen atoms in total. The van der Waals surface area contributed by atoms with Crippen molar-refractivity contribution in [2.75, 3.05) is 13.2 Å². The monoisotopic (exact) mass is 216 g/mol. The second-order valence-corrected chi connectivity index (χ2v) is 4.20. The summed E-state index contributed by atoms with van der Waals surface area (Å²) in [6.45, 7) is -0.115. The third kappa shape index (κ3) is 2.08. The van der Waals surface area contributed by atoms with Gasteiger partial charge in [0.15, 0.2) is 0 Å². The number of aliphatic hydroxyl groups excluding tert-OH is 2. The number of allylic oxidation sites excluding steroid dienone is 2. The van der Waals surface area contributed by atoms with Crippen molar-refractivity contribution < 1.29 is 10.2 Å². The first-order valence-electron chi connectivity index (χ1n) is 5.45. The van der Waals surface area contributed by atoms with E-state index < -0.39 is 5.41 Å². The van der Waals surface area contributed by atoms with E-state index >= 15 is 0 Å². The van der Waals surface area contributed by atoms with Crippen LogP contribution in [0, 0.1) is 5.41 Å². The molecule has 0 spiro atoms. The highest BCUT2D eigenvalue weighted by atomic mass is 16.3. The second-order valence-electron chi connectivity index (χ2n) is 4.20. The molecule has 2 heteroatoms. The Morgan fingerprint density at radius 2 is 1.50 bits per heavy atom. The van der Waals surface area contributed by atoms with Crippen LogP contribution in [0.25, 0.3) is 0 Å². The van der Waals surface area contributed by atoms with Crippen LogP contribution < -0.4 is 0 Å². The first kappa shape index (κ1) is 11.1. The standard InChI is InChI=1S/C14H16O2/c15-10-14(11-16)8-6-13(7-9-14)12-4-2-1-3-5-12/h1-9,13,15-16H,10-11H2. The summed E-state index contributed by atoms with van der Waals surface area (Å²) < 4.78 is 0. The fourth-order valence-electron chi connectivity index (χ4n) is 1.87. The molecule has 0 fully saturated rings. The maximum Gasteiger partial charge on any atom is 0.0579 e. The maximum atomic E-state index is 9.24. The summed E-state index contributed by atoms with van der Waals surface area (Å²) >= 11 is 0. The van der Waals surface area contributed by atoms with Gasteiger partial charge in [0.25, 0.3) is 0 Å². The van der Waals surface area contributed by atoms with Crippen LogP contribution in [0.5, 0.6) is 0 Å². The largest absolute Gasteiger partial charge is 0.395 e. The Labute approximate surface area is 95.6 Å². The van der Waals surface area contributed by atoms with Gasteiger partial charge in [-0.2, -0.15) is 0 Å². The number of hydrogen-bond donors (Lipinski definition) is 2. The molecule has 0 aliphatic heterocycles. The summed E-state index contributed by atoms with van der Waals surface area (Å²) in [5.41, 5.74) is 0.644. The minimum absolute atomic E-state index is 0.0575. The van der Waals surface area contributed by atoms with Crippen molar-refractivity contribution in [3.8, 4) is 0 Å². The van der Waals surface area contributed by atoms with Gasteiger partial charge in [0.05, 0.1) is 18.6 Å². The van der Waals surface area contributed by atoms with Crippen LogP contribution in [0.1, 0.15) is 11.5 Å². The fraction of sp³-hybridized carbons (Fsp3) is 0.286. The van der Waals surface area contributed by atoms with Crippen molar-refractivity contribution >= 4 is 0 Å². The van der Waals surface area contributed by atoms with Gasteiger partial charge < -0.3 is 10.2 Å². The molecule has 0 amide bonds. The molecule has 0 atom stereocenters. The summed E-state index contributed by atoms with van der Waals surface area (Å²) in [5, 5.41) is 18.5. The van der Waals surface area contributed by atoms with Crippen LogP contribution in [0.15, 0.2) is 54.6 Å². The molecule has 0 radical (unpaired) electrons. The predicted octanol–water partition coefficient (Wildman–Crippen LogP) is 1.87. The second kappa shape index (κ2) is 4.64. The average molecular weight is 216 g/mol. The van der Waals surface area contributed by atoms with E-state index in [0.29, 0.717) is 0 Å². The van der Waals surface area contributed by atoms with E-state index in [9.17, 15) is 10.2 Å². The van der Waals surface area contributed by atoms with Gasteiger partial charge in [0.2, 0.25) is 0 Å². The maximum absolute atomic E-state index is 9.24. The zero-order chi connectivity index (χ0) is 11.4. The van der Waals surface area contributed by atoms with Crippen molar-refractivity contribution in [2.45, 2.75) is 5.92 Å². The highest BCUT2D eigenvalue weighted by Crippen LogP contribution is 2.30. The Hall–Kier alpha value is -1.38. The molecule has 1 aromatic carbocycles. The summed E-state index contributed by atoms with van der Waals surface area (Å²) in [6.07, 6.45) is 7.85. The normalized spacial score (nSPS) is 18.9. The van der Waals surface area contributed by atoms with Gasteiger partial charge in [0, 0.05) is 5.92 Å². The van der Waals surface area contributed by atoms with Crippen molar-refractivity contribution in [2.24, 2.45) is 5.41 Å². The highest BCUT2D eigenvalue weighted by molar-refractivity contribution is 5.34. The van der Waals surface area contributed by atoms with Crippen molar-refractivity contribution in [3.05, 3.63) is 60.2 Å². The molecule has 0 heterocycles. The van der Waals surface area contributed by atoms with Crippen LogP contribution in [-0.4, -0.2) is 23.4 Å². The molecule has 0 bridgehead atoms. The van der Waals surface area contributed by atoms with E-state index in [1.165, 1.54) is 5.56 Å². The topological polar surface area (TPSA) is 40.5 Å². The Morgan fingerprint density at radius 3 is 2.00 bits per heavy atom. The van der Waals surface area contributed by atoms with Gasteiger partial charge in [-0.05, 0) is 5.56 Å². The first-order chi connectivity index (χ1) is 7.79. The van der Waals surface area contributed by atoms with E-state index in [1.807, 2.05) is 42.5 Å². The summed E-state index contributed by atoms with van der Waals surface area (Å²) in [4.78, 5) is 0. The lowest BCUT2D eigenvalue weighted by Gasteiger charge is -2.26. The highest BCUT2D eigenvalue weighted by Gasteiger charge is 2.25. The predicted molar refractivity (Wildman–Crippen MR) is 64.1 cm³/mol. The number of aliphatic hydroxyl groups is 2. The van der Waals surface area contributed by atoms with Gasteiger partial charge in [-0.1, -0.05) is 54.6 Å². The van der Waals surface area contributed by atoms with Gasteiger partial charge in [0.1, 0.15) is 0 Å². The molecule has 0 saturated heterocycles. The third-order valence-electron chi connectivity index (χ3n) is 3.04. The van der Waals surface area contributed by atoms with Crippen LogP contribution in [0.3, 0.4) is 0 Å². The summed E-state index contributed by atoms with van der Waals surface area (Å²) in [6, 6.07) is 10.2. The molecule has 84 valence electrons. The third-order valence-corrected chi connectivity index (χ3v) is 3.04. The number of hydrogen-bond acceptors (Lipinski definition) is 2.